The highest BCUT2D eigenvalue weighted by molar-refractivity contribution is 4.80. The third-order valence-electron chi connectivity index (χ3n) is 0.676. The van der Waals surface area contributed by atoms with E-state index in [1.165, 1.54) is 0 Å². The molecule has 6 heavy (non-hydrogen) atoms. The van der Waals surface area contributed by atoms with Gasteiger partial charge in [0.1, 0.15) is 0 Å². The second-order valence-corrected chi connectivity index (χ2v) is 1.23. The first-order chi connectivity index (χ1) is 2.81. The van der Waals surface area contributed by atoms with Gasteiger partial charge in [-0.1, -0.05) is 6.08 Å². The summed E-state index contributed by atoms with van der Waals surface area (Å²) in [7, 11) is 3.44. The molecule has 0 aliphatic rings. The quantitative estimate of drug-likeness (QED) is 0.491. The lowest BCUT2D eigenvalue weighted by molar-refractivity contribution is 0.768. The summed E-state index contributed by atoms with van der Waals surface area (Å²) in [6.07, 6.45) is 1.80. The molecule has 0 aromatic heterocycles. The highest BCUT2D eigenvalue weighted by Crippen LogP contribution is 1.75. The van der Waals surface area contributed by atoms with Crippen LogP contribution in [0.15, 0.2) is 12.7 Å². The monoisotopic (exact) mass is 84.1 g/mol. The predicted molar refractivity (Wildman–Crippen MR) is 28.2 cm³/mol. The van der Waals surface area contributed by atoms with Gasteiger partial charge in [-0.05, 0) is 6.92 Å². The minimum absolute atomic E-state index is 0.338. The van der Waals surface area contributed by atoms with Gasteiger partial charge < -0.3 is 5.32 Å². The van der Waals surface area contributed by atoms with Crippen LogP contribution in [0.5, 0.6) is 0 Å². The Bertz CT molecular complexity index is 41.2. The Morgan fingerprint density at radius 1 is 1.83 bits per heavy atom. The van der Waals surface area contributed by atoms with E-state index in [0.29, 0.717) is 6.04 Å². The van der Waals surface area contributed by atoms with Gasteiger partial charge in [0, 0.05) is 13.1 Å². The van der Waals surface area contributed by atoms with E-state index in [1.54, 1.807) is 6.08 Å². The molecule has 0 heterocycles. The predicted octanol–water partition coefficient (Wildman–Crippen LogP) is 0.942. The Balaban J connectivity index is 2.96. The molecule has 0 rings (SSSR count). The van der Waals surface area contributed by atoms with Crippen molar-refractivity contribution in [1.82, 2.24) is 5.32 Å². The molecule has 0 saturated carbocycles. The Hall–Kier alpha value is -0.300. The molecule has 1 N–H and O–H groups in total. The van der Waals surface area contributed by atoms with E-state index in [4.69, 9.17) is 0 Å². The molecule has 0 aliphatic heterocycles. The summed E-state index contributed by atoms with van der Waals surface area (Å²) < 4.78 is 0. The summed E-state index contributed by atoms with van der Waals surface area (Å²) >= 11 is 0. The van der Waals surface area contributed by atoms with Gasteiger partial charge >= 0.3 is 0 Å². The summed E-state index contributed by atoms with van der Waals surface area (Å²) in [6, 6.07) is 0.338. The van der Waals surface area contributed by atoms with Crippen LogP contribution in [0.3, 0.4) is 0 Å². The SMILES string of the molecule is [CH2]NC(C)C=C. The molecule has 1 atom stereocenters. The van der Waals surface area contributed by atoms with Crippen molar-refractivity contribution < 1.29 is 0 Å². The maximum absolute atomic E-state index is 3.53. The fourth-order valence-corrected chi connectivity index (χ4v) is 0.0833. The van der Waals surface area contributed by atoms with Crippen LogP contribution in [0.4, 0.5) is 0 Å². The number of hydrogen-bond donors (Lipinski definition) is 1. The molecule has 35 valence electrons. The van der Waals surface area contributed by atoms with Crippen molar-refractivity contribution in [3.05, 3.63) is 19.7 Å². The molecule has 0 spiro atoms. The first kappa shape index (κ1) is 5.70. The van der Waals surface area contributed by atoms with E-state index < -0.39 is 0 Å². The second kappa shape index (κ2) is 2.91. The summed E-state index contributed by atoms with van der Waals surface area (Å²) in [5, 5.41) is 2.75. The van der Waals surface area contributed by atoms with Gasteiger partial charge in [0.25, 0.3) is 0 Å². The van der Waals surface area contributed by atoms with E-state index in [1.807, 2.05) is 6.92 Å². The van der Waals surface area contributed by atoms with E-state index in [-0.39, 0.29) is 0 Å². The molecule has 0 bridgehead atoms. The van der Waals surface area contributed by atoms with Gasteiger partial charge in [-0.25, -0.2) is 0 Å². The zero-order chi connectivity index (χ0) is 4.99. The molecule has 0 saturated heterocycles. The third-order valence-corrected chi connectivity index (χ3v) is 0.676. The zero-order valence-electron chi connectivity index (χ0n) is 4.07. The summed E-state index contributed by atoms with van der Waals surface area (Å²) in [5.41, 5.74) is 0. The van der Waals surface area contributed by atoms with Crippen LogP contribution in [0, 0.1) is 7.05 Å². The largest absolute Gasteiger partial charge is 0.310 e. The summed E-state index contributed by atoms with van der Waals surface area (Å²) in [6.45, 7) is 5.52. The standard InChI is InChI=1S/C5H10N/c1-4-5(2)6-3/h4-6H,1,3H2,2H3. The van der Waals surface area contributed by atoms with Crippen LogP contribution in [0.1, 0.15) is 6.92 Å². The minimum Gasteiger partial charge on any atom is -0.310 e. The molecular weight excluding hydrogens is 74.1 g/mol. The van der Waals surface area contributed by atoms with Crippen LogP contribution < -0.4 is 5.32 Å². The van der Waals surface area contributed by atoms with Crippen molar-refractivity contribution in [2.45, 2.75) is 13.0 Å². The highest BCUT2D eigenvalue weighted by atomic mass is 14.8. The van der Waals surface area contributed by atoms with E-state index in [2.05, 4.69) is 18.9 Å². The van der Waals surface area contributed by atoms with Crippen molar-refractivity contribution >= 4 is 0 Å². The van der Waals surface area contributed by atoms with Crippen LogP contribution in [-0.4, -0.2) is 6.04 Å². The summed E-state index contributed by atoms with van der Waals surface area (Å²) in [5.74, 6) is 0. The first-order valence-corrected chi connectivity index (χ1v) is 1.96. The number of nitrogens with one attached hydrogen (secondary N) is 1. The second-order valence-electron chi connectivity index (χ2n) is 1.23. The Labute approximate surface area is 39.1 Å². The van der Waals surface area contributed by atoms with Crippen LogP contribution in [-0.2, 0) is 0 Å². The van der Waals surface area contributed by atoms with Crippen LogP contribution in [0.2, 0.25) is 0 Å². The average molecular weight is 84.1 g/mol. The van der Waals surface area contributed by atoms with Crippen LogP contribution in [0.25, 0.3) is 0 Å². The Morgan fingerprint density at radius 3 is 2.33 bits per heavy atom. The molecule has 1 nitrogen and oxygen atoms in total. The molecule has 0 amide bonds. The zero-order valence-corrected chi connectivity index (χ0v) is 4.07. The Kier molecular flexibility index (Phi) is 2.77. The fourth-order valence-electron chi connectivity index (χ4n) is 0.0833. The maximum atomic E-state index is 3.53. The molecule has 1 heteroatoms. The van der Waals surface area contributed by atoms with Gasteiger partial charge in [-0.15, -0.1) is 6.58 Å². The molecule has 0 aromatic rings. The van der Waals surface area contributed by atoms with Crippen molar-refractivity contribution in [2.24, 2.45) is 0 Å². The lowest BCUT2D eigenvalue weighted by atomic mass is 10.3. The number of hydrogen-bond acceptors (Lipinski definition) is 1. The van der Waals surface area contributed by atoms with Gasteiger partial charge in [-0.2, -0.15) is 0 Å². The lowest BCUT2D eigenvalue weighted by Gasteiger charge is -1.97. The molecule has 0 aliphatic carbocycles. The smallest absolute Gasteiger partial charge is 0.0219 e. The van der Waals surface area contributed by atoms with Crippen molar-refractivity contribution in [3.63, 3.8) is 0 Å². The third kappa shape index (κ3) is 1.97. The molecule has 0 fully saturated rings. The van der Waals surface area contributed by atoms with Gasteiger partial charge in [-0.3, -0.25) is 0 Å². The molecule has 0 aromatic carbocycles. The van der Waals surface area contributed by atoms with E-state index >= 15 is 0 Å². The van der Waals surface area contributed by atoms with Crippen molar-refractivity contribution in [1.29, 1.82) is 0 Å². The normalized spacial score (nSPS) is 13.7. The lowest BCUT2D eigenvalue weighted by Crippen LogP contribution is -2.14. The molecular formula is C5H10N. The van der Waals surface area contributed by atoms with E-state index in [9.17, 15) is 0 Å². The van der Waals surface area contributed by atoms with Gasteiger partial charge in [0.15, 0.2) is 0 Å². The molecule has 1 radical (unpaired) electrons. The minimum atomic E-state index is 0.338. The molecule has 1 unspecified atom stereocenters. The van der Waals surface area contributed by atoms with E-state index in [0.717, 1.165) is 0 Å². The van der Waals surface area contributed by atoms with Gasteiger partial charge in [0.2, 0.25) is 0 Å². The number of rotatable bonds is 2. The summed E-state index contributed by atoms with van der Waals surface area (Å²) in [4.78, 5) is 0. The topological polar surface area (TPSA) is 12.0 Å². The van der Waals surface area contributed by atoms with Gasteiger partial charge in [0.05, 0.1) is 0 Å². The fraction of sp³-hybridized carbons (Fsp3) is 0.400. The van der Waals surface area contributed by atoms with Crippen molar-refractivity contribution in [3.8, 4) is 0 Å². The maximum Gasteiger partial charge on any atom is 0.0219 e. The Morgan fingerprint density at radius 2 is 2.33 bits per heavy atom. The van der Waals surface area contributed by atoms with Crippen molar-refractivity contribution in [2.75, 3.05) is 0 Å². The van der Waals surface area contributed by atoms with Crippen LogP contribution >= 0.6 is 0 Å². The average Bonchev–Trinajstić information content (AvgIpc) is 1.65. The first-order valence-electron chi connectivity index (χ1n) is 1.96. The highest BCUT2D eigenvalue weighted by Gasteiger charge is 1.81.